The van der Waals surface area contributed by atoms with Gasteiger partial charge in [0.1, 0.15) is 0 Å². The van der Waals surface area contributed by atoms with Crippen molar-refractivity contribution in [3.8, 4) is 11.5 Å². The highest BCUT2D eigenvalue weighted by atomic mass is 16.5. The Labute approximate surface area is 127 Å². The molecule has 0 aliphatic carbocycles. The van der Waals surface area contributed by atoms with Gasteiger partial charge >= 0.3 is 0 Å². The molecule has 3 atom stereocenters. The van der Waals surface area contributed by atoms with Crippen LogP contribution < -0.4 is 14.8 Å². The van der Waals surface area contributed by atoms with E-state index in [9.17, 15) is 0 Å². The van der Waals surface area contributed by atoms with Gasteiger partial charge in [-0.1, -0.05) is 13.0 Å². The quantitative estimate of drug-likeness (QED) is 0.873. The summed E-state index contributed by atoms with van der Waals surface area (Å²) < 4.78 is 16.4. The molecule has 1 aromatic carbocycles. The maximum atomic E-state index is 5.73. The van der Waals surface area contributed by atoms with E-state index in [0.29, 0.717) is 12.1 Å². The van der Waals surface area contributed by atoms with Crippen molar-refractivity contribution in [1.82, 2.24) is 5.32 Å². The van der Waals surface area contributed by atoms with Crippen LogP contribution in [0.25, 0.3) is 0 Å². The van der Waals surface area contributed by atoms with Crippen LogP contribution in [0.15, 0.2) is 18.2 Å². The van der Waals surface area contributed by atoms with Crippen molar-refractivity contribution < 1.29 is 14.2 Å². The van der Waals surface area contributed by atoms with Crippen molar-refractivity contribution in [3.05, 3.63) is 23.8 Å². The van der Waals surface area contributed by atoms with Gasteiger partial charge in [-0.25, -0.2) is 0 Å². The first-order valence-electron chi connectivity index (χ1n) is 7.77. The van der Waals surface area contributed by atoms with E-state index >= 15 is 0 Å². The fourth-order valence-electron chi connectivity index (χ4n) is 2.89. The fraction of sp³-hybridized carbons (Fsp3) is 0.647. The predicted octanol–water partition coefficient (Wildman–Crippen LogP) is 3.31. The highest BCUT2D eigenvalue weighted by Crippen LogP contribution is 2.30. The number of methoxy groups -OCH3 is 2. The summed E-state index contributed by atoms with van der Waals surface area (Å²) in [5.41, 5.74) is 1.21. The van der Waals surface area contributed by atoms with Gasteiger partial charge in [-0.15, -0.1) is 0 Å². The molecular formula is C17H27NO3. The zero-order valence-electron chi connectivity index (χ0n) is 13.5. The molecule has 1 fully saturated rings. The van der Waals surface area contributed by atoms with E-state index in [0.717, 1.165) is 37.4 Å². The lowest BCUT2D eigenvalue weighted by atomic mass is 9.99. The molecule has 0 amide bonds. The molecule has 1 N–H and O–H groups in total. The highest BCUT2D eigenvalue weighted by molar-refractivity contribution is 5.43. The predicted molar refractivity (Wildman–Crippen MR) is 84.1 cm³/mol. The summed E-state index contributed by atoms with van der Waals surface area (Å²) in [4.78, 5) is 0. The minimum atomic E-state index is 0.283. The van der Waals surface area contributed by atoms with Crippen molar-refractivity contribution in [1.29, 1.82) is 0 Å². The number of benzene rings is 1. The largest absolute Gasteiger partial charge is 0.493 e. The summed E-state index contributed by atoms with van der Waals surface area (Å²) in [6, 6.07) is 6.91. The minimum Gasteiger partial charge on any atom is -0.493 e. The molecule has 0 aromatic heterocycles. The number of hydrogen-bond acceptors (Lipinski definition) is 4. The summed E-state index contributed by atoms with van der Waals surface area (Å²) >= 11 is 0. The fourth-order valence-corrected chi connectivity index (χ4v) is 2.89. The maximum absolute atomic E-state index is 5.73. The van der Waals surface area contributed by atoms with Crippen molar-refractivity contribution >= 4 is 0 Å². The summed E-state index contributed by atoms with van der Waals surface area (Å²) in [6.07, 6.45) is 3.65. The molecule has 2 rings (SSSR count). The second-order valence-electron chi connectivity index (χ2n) is 5.63. The Hall–Kier alpha value is -1.26. The van der Waals surface area contributed by atoms with Crippen LogP contribution in [-0.4, -0.2) is 33.0 Å². The van der Waals surface area contributed by atoms with Gasteiger partial charge in [0, 0.05) is 18.7 Å². The van der Waals surface area contributed by atoms with Crippen LogP contribution in [0.1, 0.15) is 44.7 Å². The average molecular weight is 293 g/mol. The molecular weight excluding hydrogens is 266 g/mol. The van der Waals surface area contributed by atoms with Gasteiger partial charge in [0.05, 0.1) is 20.3 Å². The molecule has 118 valence electrons. The maximum Gasteiger partial charge on any atom is 0.161 e. The van der Waals surface area contributed by atoms with Crippen LogP contribution in [0, 0.1) is 0 Å². The van der Waals surface area contributed by atoms with Crippen LogP contribution in [-0.2, 0) is 4.74 Å². The Bertz CT molecular complexity index is 450. The third-order valence-corrected chi connectivity index (χ3v) is 4.22. The Morgan fingerprint density at radius 1 is 1.29 bits per heavy atom. The summed E-state index contributed by atoms with van der Waals surface area (Å²) in [6.45, 7) is 5.23. The first-order chi connectivity index (χ1) is 10.2. The normalized spacial score (nSPS) is 23.6. The van der Waals surface area contributed by atoms with Crippen LogP contribution in [0.4, 0.5) is 0 Å². The molecule has 0 saturated carbocycles. The number of rotatable bonds is 6. The molecule has 1 heterocycles. The number of ether oxygens (including phenoxy) is 3. The highest BCUT2D eigenvalue weighted by Gasteiger charge is 2.23. The zero-order chi connectivity index (χ0) is 15.2. The number of hydrogen-bond donors (Lipinski definition) is 1. The van der Waals surface area contributed by atoms with Crippen LogP contribution in [0.5, 0.6) is 11.5 Å². The molecule has 0 radical (unpaired) electrons. The molecule has 4 nitrogen and oxygen atoms in total. The standard InChI is InChI=1S/C17H27NO3/c1-5-15-11-14(8-9-21-15)18-12(2)13-6-7-16(19-3)17(10-13)20-4/h6-7,10,12,14-15,18H,5,8-9,11H2,1-4H3. The van der Waals surface area contributed by atoms with Crippen molar-refractivity contribution in [3.63, 3.8) is 0 Å². The monoisotopic (exact) mass is 293 g/mol. The van der Waals surface area contributed by atoms with Crippen molar-refractivity contribution in [2.45, 2.75) is 51.3 Å². The van der Waals surface area contributed by atoms with Gasteiger partial charge in [-0.2, -0.15) is 0 Å². The summed E-state index contributed by atoms with van der Waals surface area (Å²) in [5.74, 6) is 1.55. The Balaban J connectivity index is 2.01. The summed E-state index contributed by atoms with van der Waals surface area (Å²) in [5, 5.41) is 3.71. The molecule has 21 heavy (non-hydrogen) atoms. The third-order valence-electron chi connectivity index (χ3n) is 4.22. The lowest BCUT2D eigenvalue weighted by molar-refractivity contribution is -0.00165. The molecule has 0 spiro atoms. The van der Waals surface area contributed by atoms with E-state index in [2.05, 4.69) is 25.2 Å². The molecule has 4 heteroatoms. The van der Waals surface area contributed by atoms with E-state index in [1.165, 1.54) is 5.56 Å². The molecule has 3 unspecified atom stereocenters. The van der Waals surface area contributed by atoms with Crippen LogP contribution >= 0.6 is 0 Å². The van der Waals surface area contributed by atoms with E-state index in [-0.39, 0.29) is 6.04 Å². The van der Waals surface area contributed by atoms with E-state index in [1.54, 1.807) is 14.2 Å². The van der Waals surface area contributed by atoms with Crippen molar-refractivity contribution in [2.24, 2.45) is 0 Å². The molecule has 0 bridgehead atoms. The number of nitrogens with one attached hydrogen (secondary N) is 1. The van der Waals surface area contributed by atoms with Gasteiger partial charge in [-0.05, 0) is 43.9 Å². The van der Waals surface area contributed by atoms with Crippen molar-refractivity contribution in [2.75, 3.05) is 20.8 Å². The Kier molecular flexibility index (Phi) is 5.88. The van der Waals surface area contributed by atoms with Crippen LogP contribution in [0.2, 0.25) is 0 Å². The lowest BCUT2D eigenvalue weighted by Crippen LogP contribution is -2.39. The first-order valence-corrected chi connectivity index (χ1v) is 7.77. The molecule has 1 aliphatic heterocycles. The van der Waals surface area contributed by atoms with E-state index in [4.69, 9.17) is 14.2 Å². The van der Waals surface area contributed by atoms with Gasteiger partial charge in [-0.3, -0.25) is 0 Å². The van der Waals surface area contributed by atoms with Gasteiger partial charge < -0.3 is 19.5 Å². The third kappa shape index (κ3) is 4.11. The zero-order valence-corrected chi connectivity index (χ0v) is 13.5. The van der Waals surface area contributed by atoms with Gasteiger partial charge in [0.2, 0.25) is 0 Å². The molecule has 1 aromatic rings. The molecule has 1 saturated heterocycles. The minimum absolute atomic E-state index is 0.283. The Morgan fingerprint density at radius 3 is 2.71 bits per heavy atom. The van der Waals surface area contributed by atoms with Gasteiger partial charge in [0.15, 0.2) is 11.5 Å². The average Bonchev–Trinajstić information content (AvgIpc) is 2.54. The smallest absolute Gasteiger partial charge is 0.161 e. The van der Waals surface area contributed by atoms with Crippen LogP contribution in [0.3, 0.4) is 0 Å². The van der Waals surface area contributed by atoms with E-state index in [1.807, 2.05) is 12.1 Å². The lowest BCUT2D eigenvalue weighted by Gasteiger charge is -2.32. The van der Waals surface area contributed by atoms with Gasteiger partial charge in [0.25, 0.3) is 0 Å². The Morgan fingerprint density at radius 2 is 2.05 bits per heavy atom. The SMILES string of the molecule is CCC1CC(NC(C)c2ccc(OC)c(OC)c2)CCO1. The van der Waals surface area contributed by atoms with E-state index < -0.39 is 0 Å². The second-order valence-corrected chi connectivity index (χ2v) is 5.63. The first kappa shape index (κ1) is 16.1. The second kappa shape index (κ2) is 7.66. The molecule has 1 aliphatic rings. The summed E-state index contributed by atoms with van der Waals surface area (Å²) in [7, 11) is 3.33. The topological polar surface area (TPSA) is 39.7 Å².